The van der Waals surface area contributed by atoms with Gasteiger partial charge in [0.05, 0.1) is 21.1 Å². The van der Waals surface area contributed by atoms with E-state index in [2.05, 4.69) is 51.8 Å². The Morgan fingerprint density at radius 1 is 0.969 bits per heavy atom. The molecule has 0 atom stereocenters. The highest BCUT2D eigenvalue weighted by Gasteiger charge is 2.17. The predicted molar refractivity (Wildman–Crippen MR) is 133 cm³/mol. The van der Waals surface area contributed by atoms with E-state index in [4.69, 9.17) is 28.3 Å². The zero-order valence-electron chi connectivity index (χ0n) is 17.7. The average Bonchev–Trinajstić information content (AvgIpc) is 3.10. The first-order valence-electron chi connectivity index (χ1n) is 10.1. The van der Waals surface area contributed by atoms with Crippen LogP contribution >= 0.6 is 23.2 Å². The van der Waals surface area contributed by atoms with Gasteiger partial charge in [-0.2, -0.15) is 5.10 Å². The molecule has 0 spiro atoms. The molecule has 0 unspecified atom stereocenters. The Bertz CT molecular complexity index is 1490. The van der Waals surface area contributed by atoms with Crippen LogP contribution in [0.5, 0.6) is 0 Å². The zero-order valence-corrected chi connectivity index (χ0v) is 19.3. The fourth-order valence-corrected chi connectivity index (χ4v) is 4.25. The maximum absolute atomic E-state index is 6.18. The third kappa shape index (κ3) is 3.51. The lowest BCUT2D eigenvalue weighted by molar-refractivity contribution is 0.801. The van der Waals surface area contributed by atoms with Crippen LogP contribution in [0.25, 0.3) is 32.9 Å². The molecular weight excluding hydrogens is 443 g/mol. The van der Waals surface area contributed by atoms with E-state index >= 15 is 0 Å². The van der Waals surface area contributed by atoms with Gasteiger partial charge in [-0.1, -0.05) is 35.3 Å². The summed E-state index contributed by atoms with van der Waals surface area (Å²) in [5, 5.41) is 14.1. The fraction of sp³-hybridized carbons (Fsp3) is 0.125. The van der Waals surface area contributed by atoms with Gasteiger partial charge in [-0.25, -0.2) is 9.97 Å². The number of rotatable bonds is 4. The smallest absolute Gasteiger partial charge is 0.222 e. The number of aromatic nitrogens is 4. The van der Waals surface area contributed by atoms with Crippen molar-refractivity contribution >= 4 is 62.5 Å². The Kier molecular flexibility index (Phi) is 5.12. The number of hydrogen-bond acceptors (Lipinski definition) is 5. The first-order chi connectivity index (χ1) is 15.4. The molecule has 0 radical (unpaired) electrons. The van der Waals surface area contributed by atoms with Crippen LogP contribution in [0.15, 0.2) is 54.7 Å². The van der Waals surface area contributed by atoms with Gasteiger partial charge < -0.3 is 10.6 Å². The Labute approximate surface area is 195 Å². The maximum atomic E-state index is 6.18. The highest BCUT2D eigenvalue weighted by molar-refractivity contribution is 6.42. The zero-order chi connectivity index (χ0) is 22.4. The molecule has 5 rings (SSSR count). The minimum atomic E-state index is 0.494. The van der Waals surface area contributed by atoms with Gasteiger partial charge >= 0.3 is 0 Å². The van der Waals surface area contributed by atoms with Crippen molar-refractivity contribution in [2.75, 3.05) is 17.7 Å². The van der Waals surface area contributed by atoms with E-state index in [1.807, 2.05) is 37.1 Å². The molecule has 0 aliphatic heterocycles. The highest BCUT2D eigenvalue weighted by atomic mass is 35.5. The molecule has 0 amide bonds. The van der Waals surface area contributed by atoms with Gasteiger partial charge in [0, 0.05) is 42.3 Å². The van der Waals surface area contributed by atoms with Crippen LogP contribution in [-0.4, -0.2) is 26.8 Å². The van der Waals surface area contributed by atoms with Crippen molar-refractivity contribution in [1.29, 1.82) is 0 Å². The van der Waals surface area contributed by atoms with Crippen molar-refractivity contribution in [2.45, 2.75) is 6.92 Å². The second-order valence-corrected chi connectivity index (χ2v) is 8.41. The van der Waals surface area contributed by atoms with E-state index in [-0.39, 0.29) is 0 Å². The largest absolute Gasteiger partial charge is 0.357 e. The van der Waals surface area contributed by atoms with Crippen molar-refractivity contribution in [2.24, 2.45) is 7.05 Å². The van der Waals surface area contributed by atoms with Crippen molar-refractivity contribution in [3.8, 4) is 11.1 Å². The summed E-state index contributed by atoms with van der Waals surface area (Å²) in [6.45, 7) is 2.11. The van der Waals surface area contributed by atoms with Gasteiger partial charge in [-0.05, 0) is 54.4 Å². The fourth-order valence-electron chi connectivity index (χ4n) is 3.95. The Morgan fingerprint density at radius 3 is 2.59 bits per heavy atom. The normalized spacial score (nSPS) is 11.3. The number of fused-ring (bicyclic) bond motifs is 2. The van der Waals surface area contributed by atoms with Crippen molar-refractivity contribution in [3.63, 3.8) is 0 Å². The average molecular weight is 463 g/mol. The van der Waals surface area contributed by atoms with E-state index in [9.17, 15) is 0 Å². The van der Waals surface area contributed by atoms with Crippen molar-refractivity contribution < 1.29 is 0 Å². The molecule has 0 aliphatic rings. The van der Waals surface area contributed by atoms with Gasteiger partial charge in [-0.15, -0.1) is 0 Å². The van der Waals surface area contributed by atoms with E-state index in [1.54, 1.807) is 12.1 Å². The Balaban J connectivity index is 1.64. The lowest BCUT2D eigenvalue weighted by Crippen LogP contribution is -1.97. The summed E-state index contributed by atoms with van der Waals surface area (Å²) >= 11 is 12.2. The van der Waals surface area contributed by atoms with E-state index in [1.165, 1.54) is 0 Å². The molecule has 0 saturated carbocycles. The first-order valence-corrected chi connectivity index (χ1v) is 10.8. The minimum Gasteiger partial charge on any atom is -0.357 e. The number of nitrogens with zero attached hydrogens (tertiary/aromatic N) is 4. The molecule has 32 heavy (non-hydrogen) atoms. The van der Waals surface area contributed by atoms with Gasteiger partial charge in [0.15, 0.2) is 5.82 Å². The van der Waals surface area contributed by atoms with Crippen LogP contribution in [-0.2, 0) is 7.05 Å². The molecule has 0 fully saturated rings. The van der Waals surface area contributed by atoms with Crippen LogP contribution in [0.4, 0.5) is 17.5 Å². The van der Waals surface area contributed by atoms with E-state index in [0.29, 0.717) is 16.0 Å². The second kappa shape index (κ2) is 7.97. The molecule has 2 N–H and O–H groups in total. The molecule has 0 saturated heterocycles. The first kappa shape index (κ1) is 20.5. The number of hydrogen-bond donors (Lipinski definition) is 2. The van der Waals surface area contributed by atoms with Gasteiger partial charge in [0.25, 0.3) is 0 Å². The summed E-state index contributed by atoms with van der Waals surface area (Å²) in [6.07, 6.45) is 1.84. The Hall–Kier alpha value is -3.35. The summed E-state index contributed by atoms with van der Waals surface area (Å²) < 4.78 is 1.91. The number of anilines is 3. The molecule has 2 heterocycles. The van der Waals surface area contributed by atoms with Gasteiger partial charge in [0.1, 0.15) is 0 Å². The summed E-state index contributed by atoms with van der Waals surface area (Å²) in [4.78, 5) is 8.88. The van der Waals surface area contributed by atoms with Crippen LogP contribution in [0.1, 0.15) is 5.56 Å². The molecule has 5 aromatic rings. The van der Waals surface area contributed by atoms with Crippen LogP contribution in [0.3, 0.4) is 0 Å². The minimum absolute atomic E-state index is 0.494. The molecule has 160 valence electrons. The number of aryl methyl sites for hydroxylation is 2. The topological polar surface area (TPSA) is 67.7 Å². The third-order valence-corrected chi connectivity index (χ3v) is 6.23. The van der Waals surface area contributed by atoms with Crippen molar-refractivity contribution in [1.82, 2.24) is 19.7 Å². The highest BCUT2D eigenvalue weighted by Crippen LogP contribution is 2.37. The summed E-state index contributed by atoms with van der Waals surface area (Å²) in [5.41, 5.74) is 6.13. The second-order valence-electron chi connectivity index (χ2n) is 7.60. The molecule has 3 aromatic carbocycles. The monoisotopic (exact) mass is 462 g/mol. The van der Waals surface area contributed by atoms with E-state index in [0.717, 1.165) is 50.0 Å². The van der Waals surface area contributed by atoms with Gasteiger partial charge in [0.2, 0.25) is 5.95 Å². The number of halogens is 2. The molecule has 0 bridgehead atoms. The van der Waals surface area contributed by atoms with Crippen molar-refractivity contribution in [3.05, 3.63) is 70.3 Å². The molecule has 2 aromatic heterocycles. The molecule has 0 aliphatic carbocycles. The molecular formula is C24H20Cl2N6. The maximum Gasteiger partial charge on any atom is 0.222 e. The SMILES string of the molecule is CNc1ncc2cc(-c3c(C)ccc4c(Nc5ccc(Cl)c(Cl)c5)nn(C)c34)ccc2n1. The number of nitrogens with one attached hydrogen (secondary N) is 2. The Morgan fingerprint density at radius 2 is 1.81 bits per heavy atom. The lowest BCUT2D eigenvalue weighted by Gasteiger charge is -2.11. The van der Waals surface area contributed by atoms with Crippen LogP contribution in [0, 0.1) is 6.92 Å². The third-order valence-electron chi connectivity index (χ3n) is 5.49. The molecule has 8 heteroatoms. The quantitative estimate of drug-likeness (QED) is 0.315. The molecule has 6 nitrogen and oxygen atoms in total. The van der Waals surface area contributed by atoms with E-state index < -0.39 is 0 Å². The van der Waals surface area contributed by atoms with Crippen LogP contribution < -0.4 is 10.6 Å². The summed E-state index contributed by atoms with van der Waals surface area (Å²) in [5.74, 6) is 1.36. The predicted octanol–water partition coefficient (Wildman–Crippen LogP) is 6.58. The summed E-state index contributed by atoms with van der Waals surface area (Å²) in [6, 6.07) is 15.9. The lowest BCUT2D eigenvalue weighted by atomic mass is 9.96. The summed E-state index contributed by atoms with van der Waals surface area (Å²) in [7, 11) is 3.76. The van der Waals surface area contributed by atoms with Crippen LogP contribution in [0.2, 0.25) is 10.0 Å². The number of benzene rings is 3. The standard InChI is InChI=1S/C24H20Cl2N6/c1-13-4-7-17-22(32(3)31-23(17)29-16-6-8-18(25)19(26)11-16)21(13)14-5-9-20-15(10-14)12-28-24(27-2)30-20/h4-12H,1-3H3,(H,29,31)(H,27,28,30). The van der Waals surface area contributed by atoms with Gasteiger partial charge in [-0.3, -0.25) is 4.68 Å².